The molecule has 0 aliphatic heterocycles. The van der Waals surface area contributed by atoms with Gasteiger partial charge in [-0.1, -0.05) is 19.3 Å². The van der Waals surface area contributed by atoms with Crippen LogP contribution in [0.15, 0.2) is 0 Å². The van der Waals surface area contributed by atoms with Crippen molar-refractivity contribution < 1.29 is 18.3 Å². The van der Waals surface area contributed by atoms with Gasteiger partial charge in [-0.3, -0.25) is 0 Å². The molecule has 0 aromatic rings. The molecule has 2 nitrogen and oxygen atoms in total. The molecule has 1 unspecified atom stereocenters. The highest BCUT2D eigenvalue weighted by Crippen LogP contribution is 2.35. The molecule has 114 valence electrons. The van der Waals surface area contributed by atoms with E-state index in [0.29, 0.717) is 6.42 Å². The Morgan fingerprint density at radius 3 is 2.37 bits per heavy atom. The molecular formula is C14H26F3NO. The lowest BCUT2D eigenvalue weighted by Crippen LogP contribution is -2.42. The third-order valence-corrected chi connectivity index (χ3v) is 4.17. The van der Waals surface area contributed by atoms with Crippen LogP contribution in [0.1, 0.15) is 58.3 Å². The first kappa shape index (κ1) is 16.8. The van der Waals surface area contributed by atoms with Crippen molar-refractivity contribution in [2.45, 2.75) is 70.5 Å². The monoisotopic (exact) mass is 281 g/mol. The van der Waals surface area contributed by atoms with E-state index in [2.05, 4.69) is 5.32 Å². The molecule has 1 aliphatic rings. The predicted molar refractivity (Wildman–Crippen MR) is 70.0 cm³/mol. The van der Waals surface area contributed by atoms with Crippen LogP contribution in [0.5, 0.6) is 0 Å². The van der Waals surface area contributed by atoms with E-state index < -0.39 is 12.6 Å². The fourth-order valence-corrected chi connectivity index (χ4v) is 2.79. The van der Waals surface area contributed by atoms with Crippen LogP contribution in [0.3, 0.4) is 0 Å². The summed E-state index contributed by atoms with van der Waals surface area (Å²) in [6.45, 7) is 2.82. The van der Waals surface area contributed by atoms with Gasteiger partial charge in [0.25, 0.3) is 0 Å². The highest BCUT2D eigenvalue weighted by molar-refractivity contribution is 4.85. The standard InChI is InChI=1S/C14H26F3NO/c1-12(6-5-9-14(15,16)17)18-10-13(11-19)7-3-2-4-8-13/h12,18-19H,2-11H2,1H3. The van der Waals surface area contributed by atoms with Crippen molar-refractivity contribution in [3.63, 3.8) is 0 Å². The number of nitrogens with one attached hydrogen (secondary N) is 1. The maximum Gasteiger partial charge on any atom is 0.389 e. The maximum absolute atomic E-state index is 12.0. The van der Waals surface area contributed by atoms with Crippen molar-refractivity contribution in [1.29, 1.82) is 0 Å². The van der Waals surface area contributed by atoms with Crippen molar-refractivity contribution >= 4 is 0 Å². The Hall–Kier alpha value is -0.290. The number of aliphatic hydroxyl groups is 1. The summed E-state index contributed by atoms with van der Waals surface area (Å²) in [6, 6.07) is 0.0766. The van der Waals surface area contributed by atoms with E-state index in [1.807, 2.05) is 6.92 Å². The summed E-state index contributed by atoms with van der Waals surface area (Å²) in [4.78, 5) is 0. The predicted octanol–water partition coefficient (Wildman–Crippen LogP) is 3.64. The summed E-state index contributed by atoms with van der Waals surface area (Å²) < 4.78 is 36.1. The third-order valence-electron chi connectivity index (χ3n) is 4.17. The average molecular weight is 281 g/mol. The molecule has 0 aromatic heterocycles. The molecule has 0 aromatic carbocycles. The van der Waals surface area contributed by atoms with Crippen molar-refractivity contribution in [1.82, 2.24) is 5.32 Å². The third kappa shape index (κ3) is 6.61. The molecule has 0 heterocycles. The minimum absolute atomic E-state index is 0.0451. The lowest BCUT2D eigenvalue weighted by molar-refractivity contribution is -0.135. The first-order valence-electron chi connectivity index (χ1n) is 7.28. The Bertz CT molecular complexity index is 250. The van der Waals surface area contributed by atoms with Crippen molar-refractivity contribution in [3.8, 4) is 0 Å². The lowest BCUT2D eigenvalue weighted by Gasteiger charge is -2.36. The van der Waals surface area contributed by atoms with Gasteiger partial charge < -0.3 is 10.4 Å². The number of halogens is 3. The first-order valence-corrected chi connectivity index (χ1v) is 7.28. The largest absolute Gasteiger partial charge is 0.396 e. The fourth-order valence-electron chi connectivity index (χ4n) is 2.79. The van der Waals surface area contributed by atoms with Gasteiger partial charge in [0, 0.05) is 31.0 Å². The van der Waals surface area contributed by atoms with Gasteiger partial charge in [-0.2, -0.15) is 13.2 Å². The molecule has 0 saturated heterocycles. The van der Waals surface area contributed by atoms with Crippen LogP contribution in [0.25, 0.3) is 0 Å². The van der Waals surface area contributed by atoms with E-state index in [1.165, 1.54) is 6.42 Å². The summed E-state index contributed by atoms with van der Waals surface area (Å²) in [5, 5.41) is 12.9. The topological polar surface area (TPSA) is 32.3 Å². The molecule has 19 heavy (non-hydrogen) atoms. The van der Waals surface area contributed by atoms with Gasteiger partial charge in [-0.15, -0.1) is 0 Å². The molecule has 1 rings (SSSR count). The maximum atomic E-state index is 12.0. The Morgan fingerprint density at radius 1 is 1.21 bits per heavy atom. The number of hydrogen-bond donors (Lipinski definition) is 2. The first-order chi connectivity index (χ1) is 8.87. The highest BCUT2D eigenvalue weighted by atomic mass is 19.4. The van der Waals surface area contributed by atoms with E-state index in [0.717, 1.165) is 32.2 Å². The minimum atomic E-state index is -4.05. The van der Waals surface area contributed by atoms with Gasteiger partial charge in [-0.25, -0.2) is 0 Å². The summed E-state index contributed by atoms with van der Waals surface area (Å²) in [6.07, 6.45) is 1.50. The molecule has 0 amide bonds. The van der Waals surface area contributed by atoms with E-state index in [1.54, 1.807) is 0 Å². The normalized spacial score (nSPS) is 21.3. The molecule has 1 aliphatic carbocycles. The van der Waals surface area contributed by atoms with Gasteiger partial charge in [0.05, 0.1) is 0 Å². The van der Waals surface area contributed by atoms with Gasteiger partial charge in [0.1, 0.15) is 0 Å². The van der Waals surface area contributed by atoms with Crippen LogP contribution in [-0.4, -0.2) is 30.5 Å². The van der Waals surface area contributed by atoms with Gasteiger partial charge in [-0.05, 0) is 32.6 Å². The van der Waals surface area contributed by atoms with E-state index in [-0.39, 0.29) is 24.5 Å². The zero-order valence-corrected chi connectivity index (χ0v) is 11.7. The van der Waals surface area contributed by atoms with Crippen LogP contribution < -0.4 is 5.32 Å². The van der Waals surface area contributed by atoms with Crippen molar-refractivity contribution in [2.24, 2.45) is 5.41 Å². The summed E-state index contributed by atoms with van der Waals surface area (Å²) in [7, 11) is 0. The van der Waals surface area contributed by atoms with Gasteiger partial charge >= 0.3 is 6.18 Å². The van der Waals surface area contributed by atoms with Crippen LogP contribution in [0, 0.1) is 5.41 Å². The van der Waals surface area contributed by atoms with E-state index in [4.69, 9.17) is 0 Å². The SMILES string of the molecule is CC(CCCC(F)(F)F)NCC1(CO)CCCCC1. The van der Waals surface area contributed by atoms with Crippen LogP contribution in [0.2, 0.25) is 0 Å². The van der Waals surface area contributed by atoms with Crippen LogP contribution >= 0.6 is 0 Å². The Kier molecular flexibility index (Phi) is 6.60. The van der Waals surface area contributed by atoms with Crippen molar-refractivity contribution in [3.05, 3.63) is 0 Å². The molecule has 0 radical (unpaired) electrons. The van der Waals surface area contributed by atoms with Crippen LogP contribution in [-0.2, 0) is 0 Å². The quantitative estimate of drug-likeness (QED) is 0.746. The summed E-state index contributed by atoms with van der Waals surface area (Å²) >= 11 is 0. The second kappa shape index (κ2) is 7.48. The van der Waals surface area contributed by atoms with Gasteiger partial charge in [0.2, 0.25) is 0 Å². The average Bonchev–Trinajstić information content (AvgIpc) is 2.36. The zero-order valence-electron chi connectivity index (χ0n) is 11.7. The lowest BCUT2D eigenvalue weighted by atomic mass is 9.74. The Morgan fingerprint density at radius 2 is 1.84 bits per heavy atom. The molecule has 1 fully saturated rings. The number of rotatable bonds is 7. The molecule has 0 bridgehead atoms. The molecule has 1 atom stereocenters. The number of aliphatic hydroxyl groups excluding tert-OH is 1. The molecule has 5 heteroatoms. The smallest absolute Gasteiger partial charge is 0.389 e. The highest BCUT2D eigenvalue weighted by Gasteiger charge is 2.31. The summed E-state index contributed by atoms with van der Waals surface area (Å²) in [5.41, 5.74) is -0.0451. The van der Waals surface area contributed by atoms with E-state index >= 15 is 0 Å². The number of hydrogen-bond acceptors (Lipinski definition) is 2. The minimum Gasteiger partial charge on any atom is -0.396 e. The van der Waals surface area contributed by atoms with E-state index in [9.17, 15) is 18.3 Å². The van der Waals surface area contributed by atoms with Crippen molar-refractivity contribution in [2.75, 3.05) is 13.2 Å². The fraction of sp³-hybridized carbons (Fsp3) is 1.00. The van der Waals surface area contributed by atoms with Crippen LogP contribution in [0.4, 0.5) is 13.2 Å². The second-order valence-corrected chi connectivity index (χ2v) is 6.01. The zero-order chi connectivity index (χ0) is 14.4. The van der Waals surface area contributed by atoms with Gasteiger partial charge in [0.15, 0.2) is 0 Å². The molecule has 0 spiro atoms. The molecular weight excluding hydrogens is 255 g/mol. The molecule has 2 N–H and O–H groups in total. The second-order valence-electron chi connectivity index (χ2n) is 6.01. The Labute approximate surface area is 113 Å². The summed E-state index contributed by atoms with van der Waals surface area (Å²) in [5.74, 6) is 0. The molecule has 1 saturated carbocycles. The number of alkyl halides is 3. The Balaban J connectivity index is 2.22.